The first-order chi connectivity index (χ1) is 8.52. The van der Waals surface area contributed by atoms with Gasteiger partial charge < -0.3 is 10.6 Å². The van der Waals surface area contributed by atoms with Crippen molar-refractivity contribution in [2.24, 2.45) is 5.73 Å². The normalized spacial score (nSPS) is 10.7. The number of rotatable bonds is 6. The number of hydrogen-bond acceptors (Lipinski definition) is 2. The lowest BCUT2D eigenvalue weighted by Gasteiger charge is -2.21. The van der Waals surface area contributed by atoms with Crippen molar-refractivity contribution in [3.8, 4) is 0 Å². The summed E-state index contributed by atoms with van der Waals surface area (Å²) in [7, 11) is 0. The molecule has 1 rings (SSSR count). The summed E-state index contributed by atoms with van der Waals surface area (Å²) in [6.07, 6.45) is -2.40. The van der Waals surface area contributed by atoms with E-state index in [0.29, 0.717) is 0 Å². The van der Waals surface area contributed by atoms with Gasteiger partial charge in [0.1, 0.15) is 0 Å². The Hall–Kier alpha value is -1.49. The molecule has 1 amide bonds. The Labute approximate surface area is 106 Å². The Morgan fingerprint density at radius 3 is 2.44 bits per heavy atom. The van der Waals surface area contributed by atoms with Gasteiger partial charge >= 0.3 is 0 Å². The highest BCUT2D eigenvalue weighted by Gasteiger charge is 2.17. The fraction of sp³-hybridized carbons (Fsp3) is 0.462. The number of halogens is 2. The summed E-state index contributed by atoms with van der Waals surface area (Å²) in [6.45, 7) is 1.74. The van der Waals surface area contributed by atoms with Crippen molar-refractivity contribution < 1.29 is 13.6 Å². The zero-order chi connectivity index (χ0) is 13.5. The van der Waals surface area contributed by atoms with Gasteiger partial charge in [-0.15, -0.1) is 0 Å². The molecule has 0 saturated carbocycles. The average molecular weight is 256 g/mol. The molecule has 3 nitrogen and oxygen atoms in total. The van der Waals surface area contributed by atoms with Gasteiger partial charge in [0.05, 0.1) is 13.0 Å². The van der Waals surface area contributed by atoms with Gasteiger partial charge in [-0.3, -0.25) is 4.79 Å². The second kappa shape index (κ2) is 7.06. The highest BCUT2D eigenvalue weighted by Crippen LogP contribution is 2.07. The lowest BCUT2D eigenvalue weighted by atomic mass is 10.1. The van der Waals surface area contributed by atoms with E-state index in [9.17, 15) is 13.6 Å². The number of nitrogens with two attached hydrogens (primary N) is 1. The molecule has 100 valence electrons. The molecule has 0 radical (unpaired) electrons. The molecule has 0 aliphatic carbocycles. The van der Waals surface area contributed by atoms with E-state index in [1.165, 1.54) is 0 Å². The minimum absolute atomic E-state index is 0.132. The first kappa shape index (κ1) is 14.6. The van der Waals surface area contributed by atoms with E-state index in [1.54, 1.807) is 0 Å². The second-order valence-electron chi connectivity index (χ2n) is 4.18. The number of aryl methyl sites for hydroxylation is 1. The van der Waals surface area contributed by atoms with Crippen LogP contribution in [0.25, 0.3) is 0 Å². The molecule has 1 aromatic rings. The molecule has 0 atom stereocenters. The van der Waals surface area contributed by atoms with Crippen molar-refractivity contribution in [1.82, 2.24) is 4.90 Å². The van der Waals surface area contributed by atoms with Gasteiger partial charge in [0.15, 0.2) is 0 Å². The van der Waals surface area contributed by atoms with E-state index in [-0.39, 0.29) is 25.4 Å². The average Bonchev–Trinajstić information content (AvgIpc) is 2.31. The van der Waals surface area contributed by atoms with Crippen LogP contribution in [0.5, 0.6) is 0 Å². The molecular formula is C13H18F2N2O. The van der Waals surface area contributed by atoms with E-state index in [1.807, 2.05) is 31.2 Å². The number of amides is 1. The third-order valence-corrected chi connectivity index (χ3v) is 2.59. The van der Waals surface area contributed by atoms with Crippen LogP contribution in [0.1, 0.15) is 11.1 Å². The van der Waals surface area contributed by atoms with Gasteiger partial charge in [-0.1, -0.05) is 29.8 Å². The Bertz CT molecular complexity index is 379. The van der Waals surface area contributed by atoms with Gasteiger partial charge in [0.25, 0.3) is 6.43 Å². The monoisotopic (exact) mass is 256 g/mol. The lowest BCUT2D eigenvalue weighted by Crippen LogP contribution is -2.39. The molecule has 0 saturated heterocycles. The van der Waals surface area contributed by atoms with Gasteiger partial charge in [-0.2, -0.15) is 0 Å². The number of nitrogens with zero attached hydrogens (tertiary/aromatic N) is 1. The van der Waals surface area contributed by atoms with Crippen molar-refractivity contribution in [1.29, 1.82) is 0 Å². The Kier molecular flexibility index (Phi) is 5.71. The second-order valence-corrected chi connectivity index (χ2v) is 4.18. The zero-order valence-corrected chi connectivity index (χ0v) is 10.4. The molecule has 0 bridgehead atoms. The van der Waals surface area contributed by atoms with Crippen LogP contribution in [0.4, 0.5) is 8.78 Å². The van der Waals surface area contributed by atoms with Crippen LogP contribution in [0.15, 0.2) is 24.3 Å². The van der Waals surface area contributed by atoms with Crippen LogP contribution < -0.4 is 5.73 Å². The van der Waals surface area contributed by atoms with Crippen molar-refractivity contribution >= 4 is 5.91 Å². The molecule has 18 heavy (non-hydrogen) atoms. The standard InChI is InChI=1S/C13H18F2N2O/c1-10-2-4-11(5-3-10)8-13(18)17(7-6-16)9-12(14)15/h2-5,12H,6-9,16H2,1H3. The zero-order valence-electron chi connectivity index (χ0n) is 10.4. The fourth-order valence-corrected chi connectivity index (χ4v) is 1.63. The largest absolute Gasteiger partial charge is 0.335 e. The lowest BCUT2D eigenvalue weighted by molar-refractivity contribution is -0.132. The van der Waals surface area contributed by atoms with Crippen LogP contribution in [0, 0.1) is 6.92 Å². The maximum absolute atomic E-state index is 12.3. The predicted octanol–water partition coefficient (Wildman–Crippen LogP) is 1.59. The molecule has 5 heteroatoms. The molecule has 0 aromatic heterocycles. The molecule has 0 aliphatic heterocycles. The van der Waals surface area contributed by atoms with Crippen molar-refractivity contribution in [2.45, 2.75) is 19.8 Å². The number of carbonyl (C=O) groups is 1. The third-order valence-electron chi connectivity index (χ3n) is 2.59. The SMILES string of the molecule is Cc1ccc(CC(=O)N(CCN)CC(F)F)cc1. The van der Waals surface area contributed by atoms with E-state index in [4.69, 9.17) is 5.73 Å². The highest BCUT2D eigenvalue weighted by atomic mass is 19.3. The van der Waals surface area contributed by atoms with Crippen LogP contribution in [-0.2, 0) is 11.2 Å². The number of alkyl halides is 2. The van der Waals surface area contributed by atoms with Crippen LogP contribution >= 0.6 is 0 Å². The summed E-state index contributed by atoms with van der Waals surface area (Å²) in [5.74, 6) is -0.315. The van der Waals surface area contributed by atoms with Crippen molar-refractivity contribution in [2.75, 3.05) is 19.6 Å². The third kappa shape index (κ3) is 4.79. The summed E-state index contributed by atoms with van der Waals surface area (Å²) >= 11 is 0. The van der Waals surface area contributed by atoms with Crippen LogP contribution in [-0.4, -0.2) is 36.9 Å². The molecular weight excluding hydrogens is 238 g/mol. The summed E-state index contributed by atoms with van der Waals surface area (Å²) in [5, 5.41) is 0. The summed E-state index contributed by atoms with van der Waals surface area (Å²) in [4.78, 5) is 13.0. The van der Waals surface area contributed by atoms with E-state index in [2.05, 4.69) is 0 Å². The predicted molar refractivity (Wildman–Crippen MR) is 66.5 cm³/mol. The first-order valence-electron chi connectivity index (χ1n) is 5.84. The quantitative estimate of drug-likeness (QED) is 0.840. The van der Waals surface area contributed by atoms with Crippen molar-refractivity contribution in [3.63, 3.8) is 0 Å². The van der Waals surface area contributed by atoms with E-state index < -0.39 is 13.0 Å². The summed E-state index contributed by atoms with van der Waals surface area (Å²) < 4.78 is 24.7. The van der Waals surface area contributed by atoms with Gasteiger partial charge in [0, 0.05) is 13.1 Å². The molecule has 0 heterocycles. The van der Waals surface area contributed by atoms with Crippen molar-refractivity contribution in [3.05, 3.63) is 35.4 Å². The molecule has 0 spiro atoms. The fourth-order valence-electron chi connectivity index (χ4n) is 1.63. The maximum atomic E-state index is 12.3. The highest BCUT2D eigenvalue weighted by molar-refractivity contribution is 5.78. The van der Waals surface area contributed by atoms with Crippen LogP contribution in [0.3, 0.4) is 0 Å². The minimum Gasteiger partial charge on any atom is -0.335 e. The number of carbonyl (C=O) groups excluding carboxylic acids is 1. The first-order valence-corrected chi connectivity index (χ1v) is 5.84. The summed E-state index contributed by atoms with van der Waals surface area (Å²) in [5.41, 5.74) is 7.23. The molecule has 2 N–H and O–H groups in total. The van der Waals surface area contributed by atoms with Crippen LogP contribution in [0.2, 0.25) is 0 Å². The molecule has 0 unspecified atom stereocenters. The number of hydrogen-bond donors (Lipinski definition) is 1. The maximum Gasteiger partial charge on any atom is 0.255 e. The summed E-state index contributed by atoms with van der Waals surface area (Å²) in [6, 6.07) is 7.44. The van der Waals surface area contributed by atoms with Gasteiger partial charge in [-0.25, -0.2) is 8.78 Å². The Balaban J connectivity index is 2.63. The topological polar surface area (TPSA) is 46.3 Å². The Morgan fingerprint density at radius 1 is 1.33 bits per heavy atom. The van der Waals surface area contributed by atoms with E-state index >= 15 is 0 Å². The smallest absolute Gasteiger partial charge is 0.255 e. The Morgan fingerprint density at radius 2 is 1.94 bits per heavy atom. The minimum atomic E-state index is -2.53. The molecule has 0 aliphatic rings. The molecule has 1 aromatic carbocycles. The molecule has 0 fully saturated rings. The van der Waals surface area contributed by atoms with E-state index in [0.717, 1.165) is 16.0 Å². The van der Waals surface area contributed by atoms with Gasteiger partial charge in [0.2, 0.25) is 5.91 Å². The van der Waals surface area contributed by atoms with Gasteiger partial charge in [-0.05, 0) is 12.5 Å². The number of benzene rings is 1.